The highest BCUT2D eigenvalue weighted by atomic mass is 32.1. The largest absolute Gasteiger partial charge is 0.370 e. The number of piperazine rings is 1. The lowest BCUT2D eigenvalue weighted by molar-refractivity contribution is -0.119. The van der Waals surface area contributed by atoms with E-state index in [0.29, 0.717) is 6.42 Å². The summed E-state index contributed by atoms with van der Waals surface area (Å²) < 4.78 is 0. The van der Waals surface area contributed by atoms with Gasteiger partial charge >= 0.3 is 0 Å². The lowest BCUT2D eigenvalue weighted by atomic mass is 9.91. The summed E-state index contributed by atoms with van der Waals surface area (Å²) in [6, 6.07) is 0.0878. The van der Waals surface area contributed by atoms with E-state index in [4.69, 9.17) is 9.97 Å². The maximum Gasteiger partial charge on any atom is 0.228 e. The molecule has 4 heterocycles. The van der Waals surface area contributed by atoms with Crippen molar-refractivity contribution < 1.29 is 4.79 Å². The second-order valence-corrected chi connectivity index (χ2v) is 11.0. The molecule has 7 nitrogen and oxygen atoms in total. The first kappa shape index (κ1) is 23.4. The van der Waals surface area contributed by atoms with Crippen LogP contribution in [-0.2, 0) is 4.79 Å². The van der Waals surface area contributed by atoms with Gasteiger partial charge in [0.2, 0.25) is 11.9 Å². The molecule has 3 fully saturated rings. The predicted octanol–water partition coefficient (Wildman–Crippen LogP) is 4.69. The first-order valence-corrected chi connectivity index (χ1v) is 13.9. The van der Waals surface area contributed by atoms with Gasteiger partial charge in [-0.25, -0.2) is 4.98 Å². The second-order valence-electron chi connectivity index (χ2n) is 10.2. The Hall–Kier alpha value is -2.35. The number of hydrogen-bond donors (Lipinski definition) is 2. The average Bonchev–Trinajstić information content (AvgIpc) is 3.43. The maximum absolute atomic E-state index is 11.6. The van der Waals surface area contributed by atoms with E-state index in [1.54, 1.807) is 11.3 Å². The third kappa shape index (κ3) is 5.16. The van der Waals surface area contributed by atoms with E-state index in [1.807, 2.05) is 0 Å². The fraction of sp³-hybridized carbons (Fsp3) is 0.654. The smallest absolute Gasteiger partial charge is 0.228 e. The lowest BCUT2D eigenvalue weighted by Gasteiger charge is -2.38. The number of nitrogens with one attached hydrogen (secondary N) is 2. The summed E-state index contributed by atoms with van der Waals surface area (Å²) in [4.78, 5) is 27.3. The number of anilines is 2. The standard InChI is InChI=1S/C26H38N6OS/c1-18-17-34-25-23(18)24(27-16-20-8-6-4-3-5-7-9-20)29-26(30-25)32-14-12-31(13-15-32)19(2)21-10-11-22(33)28-21/h17,20-21H,2-16H2,1H3,(H,28,33)(H,27,29,30)/t21-/m1/s1. The summed E-state index contributed by atoms with van der Waals surface area (Å²) in [5.41, 5.74) is 2.30. The SMILES string of the molecule is C=C([C@H]1CCC(=O)N1)N1CCN(c2nc(NCC3CCCCCCC3)c3c(C)csc3n2)CC1. The minimum atomic E-state index is 0.0878. The first-order chi connectivity index (χ1) is 16.6. The molecule has 1 atom stereocenters. The van der Waals surface area contributed by atoms with E-state index in [2.05, 4.69) is 39.3 Å². The van der Waals surface area contributed by atoms with Gasteiger partial charge in [-0.05, 0) is 43.0 Å². The van der Waals surface area contributed by atoms with Crippen molar-refractivity contribution >= 4 is 39.2 Å². The van der Waals surface area contributed by atoms with E-state index in [-0.39, 0.29) is 11.9 Å². The van der Waals surface area contributed by atoms with Crippen LogP contribution in [0.4, 0.5) is 11.8 Å². The number of amides is 1. The summed E-state index contributed by atoms with van der Waals surface area (Å²) in [5.74, 6) is 2.70. The van der Waals surface area contributed by atoms with Crippen LogP contribution in [0.5, 0.6) is 0 Å². The third-order valence-electron chi connectivity index (χ3n) is 7.75. The molecule has 1 saturated carbocycles. The summed E-state index contributed by atoms with van der Waals surface area (Å²) in [6.45, 7) is 10.9. The Kier molecular flexibility index (Phi) is 7.23. The van der Waals surface area contributed by atoms with Crippen molar-refractivity contribution in [3.8, 4) is 0 Å². The molecule has 8 heteroatoms. The summed E-state index contributed by atoms with van der Waals surface area (Å²) >= 11 is 1.71. The van der Waals surface area contributed by atoms with Crippen LogP contribution in [0.25, 0.3) is 10.2 Å². The van der Waals surface area contributed by atoms with Gasteiger partial charge in [0.05, 0.1) is 11.4 Å². The minimum Gasteiger partial charge on any atom is -0.370 e. The number of carbonyl (C=O) groups excluding carboxylic acids is 1. The van der Waals surface area contributed by atoms with Crippen molar-refractivity contribution in [1.29, 1.82) is 0 Å². The Bertz CT molecular complexity index is 1020. The molecule has 0 spiro atoms. The Morgan fingerprint density at radius 1 is 1.12 bits per heavy atom. The first-order valence-electron chi connectivity index (χ1n) is 13.1. The molecule has 2 aromatic heterocycles. The highest BCUT2D eigenvalue weighted by molar-refractivity contribution is 7.17. The maximum atomic E-state index is 11.6. The number of aryl methyl sites for hydroxylation is 1. The van der Waals surface area contributed by atoms with Crippen molar-refractivity contribution in [2.45, 2.75) is 70.8 Å². The van der Waals surface area contributed by atoms with Gasteiger partial charge in [-0.1, -0.05) is 38.7 Å². The molecular weight excluding hydrogens is 444 g/mol. The van der Waals surface area contributed by atoms with Gasteiger partial charge in [0.25, 0.3) is 0 Å². The van der Waals surface area contributed by atoms with E-state index >= 15 is 0 Å². The zero-order valence-electron chi connectivity index (χ0n) is 20.4. The molecule has 2 N–H and O–H groups in total. The molecular formula is C26H38N6OS. The van der Waals surface area contributed by atoms with Gasteiger partial charge in [-0.3, -0.25) is 4.79 Å². The van der Waals surface area contributed by atoms with Crippen LogP contribution in [0.3, 0.4) is 0 Å². The van der Waals surface area contributed by atoms with Crippen molar-refractivity contribution in [2.24, 2.45) is 5.92 Å². The zero-order chi connectivity index (χ0) is 23.5. The van der Waals surface area contributed by atoms with Gasteiger partial charge in [0.15, 0.2) is 0 Å². The van der Waals surface area contributed by atoms with E-state index in [0.717, 1.165) is 67.4 Å². The van der Waals surface area contributed by atoms with Gasteiger partial charge < -0.3 is 20.4 Å². The minimum absolute atomic E-state index is 0.0878. The monoisotopic (exact) mass is 482 g/mol. The normalized spacial score (nSPS) is 22.5. The van der Waals surface area contributed by atoms with Crippen LogP contribution in [-0.4, -0.2) is 59.5 Å². The van der Waals surface area contributed by atoms with Gasteiger partial charge in [0, 0.05) is 44.8 Å². The number of hydrogen-bond acceptors (Lipinski definition) is 7. The number of aromatic nitrogens is 2. The summed E-state index contributed by atoms with van der Waals surface area (Å²) in [5, 5.41) is 10.2. The number of carbonyl (C=O) groups is 1. The highest BCUT2D eigenvalue weighted by Crippen LogP contribution is 2.32. The quantitative estimate of drug-likeness (QED) is 0.623. The van der Waals surface area contributed by atoms with Crippen LogP contribution >= 0.6 is 11.3 Å². The number of fused-ring (bicyclic) bond motifs is 1. The van der Waals surface area contributed by atoms with Crippen molar-refractivity contribution in [3.05, 3.63) is 23.2 Å². The van der Waals surface area contributed by atoms with Crippen molar-refractivity contribution in [2.75, 3.05) is 42.9 Å². The molecule has 0 aromatic carbocycles. The molecule has 2 aliphatic heterocycles. The number of nitrogens with zero attached hydrogens (tertiary/aromatic N) is 4. The second kappa shape index (κ2) is 10.5. The van der Waals surface area contributed by atoms with Gasteiger partial charge in [-0.2, -0.15) is 4.98 Å². The van der Waals surface area contributed by atoms with Crippen LogP contribution < -0.4 is 15.5 Å². The molecule has 184 valence electrons. The molecule has 3 aliphatic rings. The molecule has 0 bridgehead atoms. The number of thiophene rings is 1. The fourth-order valence-corrected chi connectivity index (χ4v) is 6.52. The van der Waals surface area contributed by atoms with Crippen LogP contribution in [0, 0.1) is 12.8 Å². The molecule has 2 aromatic rings. The average molecular weight is 483 g/mol. The molecule has 0 unspecified atom stereocenters. The Balaban J connectivity index is 1.26. The molecule has 34 heavy (non-hydrogen) atoms. The van der Waals surface area contributed by atoms with E-state index in [1.165, 1.54) is 55.9 Å². The van der Waals surface area contributed by atoms with Gasteiger partial charge in [0.1, 0.15) is 10.6 Å². The van der Waals surface area contributed by atoms with E-state index < -0.39 is 0 Å². The Labute approximate surface area is 207 Å². The molecule has 5 rings (SSSR count). The molecule has 1 amide bonds. The fourth-order valence-electron chi connectivity index (χ4n) is 5.61. The zero-order valence-corrected chi connectivity index (χ0v) is 21.3. The van der Waals surface area contributed by atoms with Crippen LogP contribution in [0.2, 0.25) is 0 Å². The molecule has 0 radical (unpaired) electrons. The lowest BCUT2D eigenvalue weighted by Crippen LogP contribution is -2.49. The molecule has 1 aliphatic carbocycles. The van der Waals surface area contributed by atoms with Gasteiger partial charge in [-0.15, -0.1) is 11.3 Å². The third-order valence-corrected chi connectivity index (χ3v) is 8.74. The Morgan fingerprint density at radius 2 is 1.85 bits per heavy atom. The summed E-state index contributed by atoms with van der Waals surface area (Å²) in [7, 11) is 0. The Morgan fingerprint density at radius 3 is 2.56 bits per heavy atom. The van der Waals surface area contributed by atoms with Crippen molar-refractivity contribution in [3.63, 3.8) is 0 Å². The number of rotatable bonds is 6. The van der Waals surface area contributed by atoms with Crippen LogP contribution in [0.15, 0.2) is 17.7 Å². The summed E-state index contributed by atoms with van der Waals surface area (Å²) in [6.07, 6.45) is 11.0. The van der Waals surface area contributed by atoms with E-state index in [9.17, 15) is 4.79 Å². The topological polar surface area (TPSA) is 73.4 Å². The van der Waals surface area contributed by atoms with Crippen molar-refractivity contribution in [1.82, 2.24) is 20.2 Å². The molecule has 2 saturated heterocycles. The highest BCUT2D eigenvalue weighted by Gasteiger charge is 2.29. The van der Waals surface area contributed by atoms with Crippen LogP contribution in [0.1, 0.15) is 63.4 Å². The predicted molar refractivity (Wildman–Crippen MR) is 141 cm³/mol.